The largest absolute Gasteiger partial charge is 0.508 e. The highest BCUT2D eigenvalue weighted by atomic mass is 19.4. The molecule has 0 radical (unpaired) electrons. The Labute approximate surface area is 118 Å². The highest BCUT2D eigenvalue weighted by Crippen LogP contribution is 2.32. The second kappa shape index (κ2) is 5.73. The van der Waals surface area contributed by atoms with E-state index in [1.54, 1.807) is 0 Å². The van der Waals surface area contributed by atoms with Gasteiger partial charge < -0.3 is 10.2 Å². The van der Waals surface area contributed by atoms with E-state index in [0.29, 0.717) is 11.6 Å². The van der Waals surface area contributed by atoms with E-state index in [1.165, 1.54) is 24.3 Å². The van der Waals surface area contributed by atoms with E-state index >= 15 is 0 Å². The van der Waals surface area contributed by atoms with Crippen molar-refractivity contribution in [3.8, 4) is 5.75 Å². The maximum atomic E-state index is 13.3. The van der Waals surface area contributed by atoms with Gasteiger partial charge in [0, 0.05) is 6.42 Å². The number of aliphatic hydroxyl groups excluding tert-OH is 1. The van der Waals surface area contributed by atoms with E-state index in [4.69, 9.17) is 5.11 Å². The zero-order valence-electron chi connectivity index (χ0n) is 10.7. The third-order valence-corrected chi connectivity index (χ3v) is 3.00. The number of aliphatic hydroxyl groups is 1. The molecule has 2 aromatic carbocycles. The second-order valence-electron chi connectivity index (χ2n) is 4.66. The van der Waals surface area contributed by atoms with Gasteiger partial charge in [-0.3, -0.25) is 0 Å². The van der Waals surface area contributed by atoms with Crippen LogP contribution >= 0.6 is 0 Å². The first-order valence-corrected chi connectivity index (χ1v) is 6.09. The Hall–Kier alpha value is -2.08. The Morgan fingerprint density at radius 3 is 2.19 bits per heavy atom. The standard InChI is InChI=1S/C15H12F4O2/c16-12-7-10(6-11(8-12)15(17,18)19)14(21)5-9-1-3-13(20)4-2-9/h1-4,6-8,14,20-21H,5H2. The molecule has 0 aliphatic rings. The van der Waals surface area contributed by atoms with Crippen molar-refractivity contribution < 1.29 is 27.8 Å². The van der Waals surface area contributed by atoms with Crippen LogP contribution in [0.2, 0.25) is 0 Å². The topological polar surface area (TPSA) is 40.5 Å². The van der Waals surface area contributed by atoms with Gasteiger partial charge in [-0.05, 0) is 41.5 Å². The number of hydrogen-bond donors (Lipinski definition) is 2. The summed E-state index contributed by atoms with van der Waals surface area (Å²) in [7, 11) is 0. The molecule has 1 unspecified atom stereocenters. The number of phenols is 1. The summed E-state index contributed by atoms with van der Waals surface area (Å²) in [6.45, 7) is 0. The van der Waals surface area contributed by atoms with Crippen molar-refractivity contribution in [2.45, 2.75) is 18.7 Å². The zero-order chi connectivity index (χ0) is 15.6. The van der Waals surface area contributed by atoms with Crippen LogP contribution < -0.4 is 0 Å². The summed E-state index contributed by atoms with van der Waals surface area (Å²) in [6, 6.07) is 7.85. The molecule has 6 heteroatoms. The van der Waals surface area contributed by atoms with Crippen LogP contribution in [0.4, 0.5) is 17.6 Å². The molecule has 0 spiro atoms. The summed E-state index contributed by atoms with van der Waals surface area (Å²) >= 11 is 0. The van der Waals surface area contributed by atoms with Crippen LogP contribution in [0.3, 0.4) is 0 Å². The molecule has 0 heterocycles. The molecular weight excluding hydrogens is 288 g/mol. The first kappa shape index (κ1) is 15.3. The molecule has 21 heavy (non-hydrogen) atoms. The fourth-order valence-electron chi connectivity index (χ4n) is 1.94. The number of halogens is 4. The number of aromatic hydroxyl groups is 1. The maximum Gasteiger partial charge on any atom is 0.416 e. The van der Waals surface area contributed by atoms with Crippen LogP contribution in [0, 0.1) is 5.82 Å². The minimum absolute atomic E-state index is 0.0149. The van der Waals surface area contributed by atoms with E-state index in [9.17, 15) is 22.7 Å². The summed E-state index contributed by atoms with van der Waals surface area (Å²) in [6.07, 6.45) is -5.93. The molecule has 2 aromatic rings. The Morgan fingerprint density at radius 1 is 1.00 bits per heavy atom. The third kappa shape index (κ3) is 3.95. The lowest BCUT2D eigenvalue weighted by atomic mass is 9.99. The molecule has 0 saturated heterocycles. The SMILES string of the molecule is Oc1ccc(CC(O)c2cc(F)cc(C(F)(F)F)c2)cc1. The first-order valence-electron chi connectivity index (χ1n) is 6.09. The fraction of sp³-hybridized carbons (Fsp3) is 0.200. The summed E-state index contributed by atoms with van der Waals surface area (Å²) in [5, 5.41) is 19.1. The highest BCUT2D eigenvalue weighted by molar-refractivity contribution is 5.31. The zero-order valence-corrected chi connectivity index (χ0v) is 10.7. The van der Waals surface area contributed by atoms with Crippen molar-refractivity contribution in [3.63, 3.8) is 0 Å². The van der Waals surface area contributed by atoms with Gasteiger partial charge in [-0.2, -0.15) is 13.2 Å². The first-order chi connectivity index (χ1) is 9.75. The molecule has 112 valence electrons. The molecule has 0 saturated carbocycles. The Bertz CT molecular complexity index is 621. The number of alkyl halides is 3. The quantitative estimate of drug-likeness (QED) is 0.846. The van der Waals surface area contributed by atoms with Gasteiger partial charge >= 0.3 is 6.18 Å². The van der Waals surface area contributed by atoms with Crippen LogP contribution in [0.1, 0.15) is 22.8 Å². The van der Waals surface area contributed by atoms with E-state index in [2.05, 4.69) is 0 Å². The Balaban J connectivity index is 2.24. The average Bonchev–Trinajstić information content (AvgIpc) is 2.39. The fourth-order valence-corrected chi connectivity index (χ4v) is 1.94. The molecule has 0 aliphatic heterocycles. The van der Waals surface area contributed by atoms with Crippen LogP contribution in [0.25, 0.3) is 0 Å². The maximum absolute atomic E-state index is 13.3. The van der Waals surface area contributed by atoms with E-state index in [0.717, 1.165) is 12.1 Å². The smallest absolute Gasteiger partial charge is 0.416 e. The van der Waals surface area contributed by atoms with Gasteiger partial charge in [0.1, 0.15) is 11.6 Å². The summed E-state index contributed by atoms with van der Waals surface area (Å²) in [5.74, 6) is -1.01. The minimum Gasteiger partial charge on any atom is -0.508 e. The molecule has 2 rings (SSSR count). The van der Waals surface area contributed by atoms with Crippen molar-refractivity contribution in [1.82, 2.24) is 0 Å². The lowest BCUT2D eigenvalue weighted by Crippen LogP contribution is -2.09. The normalized spacial score (nSPS) is 13.2. The molecular formula is C15H12F4O2. The van der Waals surface area contributed by atoms with Gasteiger partial charge in [0.2, 0.25) is 0 Å². The lowest BCUT2D eigenvalue weighted by molar-refractivity contribution is -0.137. The van der Waals surface area contributed by atoms with E-state index in [-0.39, 0.29) is 17.7 Å². The van der Waals surface area contributed by atoms with Crippen molar-refractivity contribution >= 4 is 0 Å². The molecule has 2 N–H and O–H groups in total. The monoisotopic (exact) mass is 300 g/mol. The molecule has 0 fully saturated rings. The molecule has 2 nitrogen and oxygen atoms in total. The van der Waals surface area contributed by atoms with Gasteiger partial charge in [0.05, 0.1) is 11.7 Å². The lowest BCUT2D eigenvalue weighted by Gasteiger charge is -2.14. The van der Waals surface area contributed by atoms with E-state index in [1.807, 2.05) is 0 Å². The predicted molar refractivity (Wildman–Crippen MR) is 68.2 cm³/mol. The number of rotatable bonds is 3. The molecule has 0 bridgehead atoms. The van der Waals surface area contributed by atoms with Crippen LogP contribution in [0.5, 0.6) is 5.75 Å². The van der Waals surface area contributed by atoms with Crippen molar-refractivity contribution in [3.05, 3.63) is 65.0 Å². The minimum atomic E-state index is -4.67. The summed E-state index contributed by atoms with van der Waals surface area (Å²) in [5.41, 5.74) is -0.671. The highest BCUT2D eigenvalue weighted by Gasteiger charge is 2.31. The van der Waals surface area contributed by atoms with Crippen LogP contribution in [0.15, 0.2) is 42.5 Å². The summed E-state index contributed by atoms with van der Waals surface area (Å²) in [4.78, 5) is 0. The van der Waals surface area contributed by atoms with Gasteiger partial charge in [0.25, 0.3) is 0 Å². The van der Waals surface area contributed by atoms with Crippen LogP contribution in [-0.4, -0.2) is 10.2 Å². The summed E-state index contributed by atoms with van der Waals surface area (Å²) < 4.78 is 51.1. The van der Waals surface area contributed by atoms with Gasteiger partial charge in [-0.25, -0.2) is 4.39 Å². The number of hydrogen-bond acceptors (Lipinski definition) is 2. The molecule has 0 amide bonds. The molecule has 0 aromatic heterocycles. The van der Waals surface area contributed by atoms with Gasteiger partial charge in [-0.1, -0.05) is 12.1 Å². The third-order valence-electron chi connectivity index (χ3n) is 3.00. The molecule has 0 aliphatic carbocycles. The second-order valence-corrected chi connectivity index (χ2v) is 4.66. The number of benzene rings is 2. The Morgan fingerprint density at radius 2 is 1.62 bits per heavy atom. The van der Waals surface area contributed by atoms with Crippen molar-refractivity contribution in [2.24, 2.45) is 0 Å². The predicted octanol–water partition coefficient (Wildman–Crippen LogP) is 3.83. The Kier molecular flexibility index (Phi) is 4.18. The van der Waals surface area contributed by atoms with Gasteiger partial charge in [-0.15, -0.1) is 0 Å². The van der Waals surface area contributed by atoms with Crippen LogP contribution in [-0.2, 0) is 12.6 Å². The van der Waals surface area contributed by atoms with E-state index < -0.39 is 23.7 Å². The van der Waals surface area contributed by atoms with Gasteiger partial charge in [0.15, 0.2) is 0 Å². The average molecular weight is 300 g/mol. The van der Waals surface area contributed by atoms with Crippen molar-refractivity contribution in [2.75, 3.05) is 0 Å². The van der Waals surface area contributed by atoms with Crippen molar-refractivity contribution in [1.29, 1.82) is 0 Å². The molecule has 1 atom stereocenters. The number of phenolic OH excluding ortho intramolecular Hbond substituents is 1.